The molecule has 1 aliphatic rings. The van der Waals surface area contributed by atoms with Crippen molar-refractivity contribution >= 4 is 55.5 Å². The van der Waals surface area contributed by atoms with Crippen molar-refractivity contribution in [2.24, 2.45) is 11.8 Å². The highest BCUT2D eigenvalue weighted by Gasteiger charge is 2.30. The van der Waals surface area contributed by atoms with E-state index in [1.807, 2.05) is 54.6 Å². The molecule has 1 unspecified atom stereocenters. The van der Waals surface area contributed by atoms with Crippen LogP contribution in [-0.4, -0.2) is 35.2 Å². The molecule has 4 rings (SSSR count). The molecule has 1 saturated heterocycles. The molecule has 7 nitrogen and oxygen atoms in total. The second-order valence-electron chi connectivity index (χ2n) is 8.49. The van der Waals surface area contributed by atoms with Gasteiger partial charge in [-0.1, -0.05) is 48.5 Å². The topological polar surface area (TPSA) is 115 Å². The summed E-state index contributed by atoms with van der Waals surface area (Å²) < 4.78 is 0. The molecule has 2 amide bonds. The number of nitrogens with zero attached hydrogens (tertiary/aromatic N) is 1. The number of aromatic nitrogens is 1. The van der Waals surface area contributed by atoms with Crippen LogP contribution in [0.5, 0.6) is 0 Å². The maximum absolute atomic E-state index is 13.2. The first-order valence-corrected chi connectivity index (χ1v) is 11.2. The molecule has 1 aliphatic heterocycles. The highest BCUT2D eigenvalue weighted by molar-refractivity contribution is 7.59. The third kappa shape index (κ3) is 7.13. The van der Waals surface area contributed by atoms with Gasteiger partial charge in [0, 0.05) is 29.8 Å². The summed E-state index contributed by atoms with van der Waals surface area (Å²) in [6.45, 7) is 0.604. The number of fused-ring (bicyclic) bond motifs is 1. The zero-order valence-electron chi connectivity index (χ0n) is 19.2. The minimum absolute atomic E-state index is 0. The Labute approximate surface area is 218 Å². The fraction of sp³-hybridized carbons (Fsp3) is 0.308. The standard InChI is InChI=1S/C26H26N4O3.2H2S/c27-16-18(12-20-10-11-28-25(20)32)14-24(31)22(13-17-6-2-1-3-7-17)30-26(33)23-15-19-8-4-5-9-21(19)29-23;;/h1-9,15,18,20,22,29H,10-14H2,(H,28,32)(H,30,33);2*1H2/t18-,20?,22+;;/m1../s1. The van der Waals surface area contributed by atoms with E-state index < -0.39 is 12.0 Å². The van der Waals surface area contributed by atoms with E-state index >= 15 is 0 Å². The van der Waals surface area contributed by atoms with Crippen molar-refractivity contribution in [1.29, 1.82) is 5.26 Å². The van der Waals surface area contributed by atoms with Gasteiger partial charge >= 0.3 is 0 Å². The van der Waals surface area contributed by atoms with Crippen LogP contribution in [0.3, 0.4) is 0 Å². The summed E-state index contributed by atoms with van der Waals surface area (Å²) in [5, 5.41) is 16.2. The fourth-order valence-corrected chi connectivity index (χ4v) is 4.31. The van der Waals surface area contributed by atoms with Crippen molar-refractivity contribution in [3.63, 3.8) is 0 Å². The summed E-state index contributed by atoms with van der Waals surface area (Å²) in [7, 11) is 0. The molecule has 0 bridgehead atoms. The molecule has 1 fully saturated rings. The minimum Gasteiger partial charge on any atom is -0.356 e. The van der Waals surface area contributed by atoms with Gasteiger partial charge in [-0.25, -0.2) is 0 Å². The van der Waals surface area contributed by atoms with Gasteiger partial charge in [-0.2, -0.15) is 32.3 Å². The predicted octanol–water partition coefficient (Wildman–Crippen LogP) is 3.36. The van der Waals surface area contributed by atoms with Gasteiger partial charge in [-0.3, -0.25) is 14.4 Å². The number of amides is 2. The van der Waals surface area contributed by atoms with E-state index in [2.05, 4.69) is 21.7 Å². The highest BCUT2D eigenvalue weighted by atomic mass is 32.1. The first-order valence-electron chi connectivity index (χ1n) is 11.2. The van der Waals surface area contributed by atoms with Gasteiger partial charge in [-0.05, 0) is 37.0 Å². The van der Waals surface area contributed by atoms with Crippen molar-refractivity contribution in [2.75, 3.05) is 6.54 Å². The van der Waals surface area contributed by atoms with Gasteiger partial charge in [0.25, 0.3) is 5.91 Å². The quantitative estimate of drug-likeness (QED) is 0.409. The largest absolute Gasteiger partial charge is 0.356 e. The lowest BCUT2D eigenvalue weighted by Gasteiger charge is -2.20. The van der Waals surface area contributed by atoms with E-state index in [0.717, 1.165) is 16.5 Å². The number of nitrogens with one attached hydrogen (secondary N) is 3. The van der Waals surface area contributed by atoms with E-state index in [1.165, 1.54) is 0 Å². The molecular weight excluding hydrogens is 480 g/mol. The average molecular weight is 511 g/mol. The number of Topliss-reactive ketones (excluding diaryl/α,β-unsaturated/α-hetero) is 1. The molecule has 184 valence electrons. The molecular formula is C26H30N4O3S2. The maximum atomic E-state index is 13.2. The van der Waals surface area contributed by atoms with Crippen molar-refractivity contribution in [2.45, 2.75) is 31.7 Å². The van der Waals surface area contributed by atoms with E-state index in [4.69, 9.17) is 0 Å². The Morgan fingerprint density at radius 1 is 1.09 bits per heavy atom. The highest BCUT2D eigenvalue weighted by Crippen LogP contribution is 2.23. The van der Waals surface area contributed by atoms with Crippen LogP contribution in [0.2, 0.25) is 0 Å². The Morgan fingerprint density at radius 2 is 1.80 bits per heavy atom. The van der Waals surface area contributed by atoms with Crippen LogP contribution in [0.1, 0.15) is 35.3 Å². The summed E-state index contributed by atoms with van der Waals surface area (Å²) >= 11 is 0. The second-order valence-corrected chi connectivity index (χ2v) is 8.49. The van der Waals surface area contributed by atoms with Crippen LogP contribution in [0.15, 0.2) is 60.7 Å². The summed E-state index contributed by atoms with van der Waals surface area (Å²) in [6, 6.07) is 20.2. The average Bonchev–Trinajstić information content (AvgIpc) is 3.44. The lowest BCUT2D eigenvalue weighted by atomic mass is 9.88. The molecule has 2 heterocycles. The Hall–Kier alpha value is -3.22. The first-order chi connectivity index (χ1) is 16.0. The van der Waals surface area contributed by atoms with E-state index in [1.54, 1.807) is 6.07 Å². The molecule has 0 saturated carbocycles. The number of benzene rings is 2. The number of ketones is 1. The monoisotopic (exact) mass is 510 g/mol. The van der Waals surface area contributed by atoms with Gasteiger partial charge in [0.2, 0.25) is 5.91 Å². The number of carbonyl (C=O) groups is 3. The van der Waals surface area contributed by atoms with Crippen molar-refractivity contribution in [3.05, 3.63) is 71.9 Å². The number of H-pyrrole nitrogens is 1. The molecule has 3 aromatic rings. The molecule has 35 heavy (non-hydrogen) atoms. The van der Waals surface area contributed by atoms with Crippen molar-refractivity contribution < 1.29 is 14.4 Å². The third-order valence-corrected chi connectivity index (χ3v) is 6.11. The summed E-state index contributed by atoms with van der Waals surface area (Å²) in [6.07, 6.45) is 1.34. The molecule has 2 aromatic carbocycles. The number of aromatic amines is 1. The Morgan fingerprint density at radius 3 is 2.46 bits per heavy atom. The Balaban J connectivity index is 0.00000216. The van der Waals surface area contributed by atoms with Crippen LogP contribution in [0.25, 0.3) is 10.9 Å². The van der Waals surface area contributed by atoms with Crippen molar-refractivity contribution in [1.82, 2.24) is 15.6 Å². The van der Waals surface area contributed by atoms with Gasteiger partial charge < -0.3 is 15.6 Å². The normalized spacial score (nSPS) is 16.2. The van der Waals surface area contributed by atoms with Crippen molar-refractivity contribution in [3.8, 4) is 6.07 Å². The van der Waals surface area contributed by atoms with E-state index in [9.17, 15) is 19.6 Å². The zero-order chi connectivity index (χ0) is 23.2. The molecule has 1 aromatic heterocycles. The van der Waals surface area contributed by atoms with Gasteiger partial charge in [0.1, 0.15) is 5.69 Å². The molecule has 0 aliphatic carbocycles. The smallest absolute Gasteiger partial charge is 0.268 e. The van der Waals surface area contributed by atoms with Gasteiger partial charge in [-0.15, -0.1) is 0 Å². The maximum Gasteiger partial charge on any atom is 0.268 e. The van der Waals surface area contributed by atoms with E-state index in [-0.39, 0.29) is 56.9 Å². The SMILES string of the molecule is N#C[C@@H](CC(=O)[C@H](Cc1ccccc1)NC(=O)c1cc2ccccc2[nH]1)CC1CCNC1=O.S.S. The Bertz CT molecular complexity index is 1170. The lowest BCUT2D eigenvalue weighted by molar-refractivity contribution is -0.124. The Kier molecular flexibility index (Phi) is 10.4. The number of nitriles is 1. The second kappa shape index (κ2) is 13.0. The van der Waals surface area contributed by atoms with Crippen LogP contribution >= 0.6 is 27.0 Å². The summed E-state index contributed by atoms with van der Waals surface area (Å²) in [5.74, 6) is -1.46. The summed E-state index contributed by atoms with van der Waals surface area (Å²) in [4.78, 5) is 41.2. The first kappa shape index (κ1) is 28.0. The van der Waals surface area contributed by atoms with Crippen LogP contribution in [-0.2, 0) is 16.0 Å². The third-order valence-electron chi connectivity index (χ3n) is 6.11. The summed E-state index contributed by atoms with van der Waals surface area (Å²) in [5.41, 5.74) is 2.13. The molecule has 3 N–H and O–H groups in total. The molecule has 0 spiro atoms. The lowest BCUT2D eigenvalue weighted by Crippen LogP contribution is -2.43. The minimum atomic E-state index is -0.778. The molecule has 0 radical (unpaired) electrons. The van der Waals surface area contributed by atoms with Crippen LogP contribution in [0.4, 0.5) is 0 Å². The van der Waals surface area contributed by atoms with E-state index in [0.29, 0.717) is 31.5 Å². The molecule has 3 atom stereocenters. The fourth-order valence-electron chi connectivity index (χ4n) is 4.31. The number of hydrogen-bond donors (Lipinski definition) is 3. The number of hydrogen-bond acceptors (Lipinski definition) is 4. The predicted molar refractivity (Wildman–Crippen MR) is 145 cm³/mol. The van der Waals surface area contributed by atoms with Crippen LogP contribution in [0, 0.1) is 23.2 Å². The van der Waals surface area contributed by atoms with Gasteiger partial charge in [0.05, 0.1) is 18.0 Å². The number of para-hydroxylation sites is 1. The number of carbonyl (C=O) groups excluding carboxylic acids is 3. The number of rotatable bonds is 9. The zero-order valence-corrected chi connectivity index (χ0v) is 21.2. The van der Waals surface area contributed by atoms with Gasteiger partial charge in [0.15, 0.2) is 5.78 Å². The van der Waals surface area contributed by atoms with Crippen LogP contribution < -0.4 is 10.6 Å². The molecule has 9 heteroatoms.